The van der Waals surface area contributed by atoms with E-state index >= 15 is 0 Å². The standard InChI is InChI=1S/C22H17ClINO4S/c1-3-9-25-21(26)19(30-22(25)27)12-15-10-17(24)20(18(11-15)28-4-2)29-13-14-5-7-16(23)8-6-14/h1,5-8,10-12H,4,9,13H2,2H3/b19-12+. The average molecular weight is 554 g/mol. The van der Waals surface area contributed by atoms with Gasteiger partial charge in [0.05, 0.1) is 21.6 Å². The Labute approximate surface area is 197 Å². The number of halogens is 2. The van der Waals surface area contributed by atoms with Crippen molar-refractivity contribution in [2.24, 2.45) is 0 Å². The second-order valence-electron chi connectivity index (χ2n) is 6.15. The number of rotatable bonds is 7. The molecule has 1 aliphatic rings. The third kappa shape index (κ3) is 5.31. The lowest BCUT2D eigenvalue weighted by molar-refractivity contribution is -0.122. The van der Waals surface area contributed by atoms with E-state index in [-0.39, 0.29) is 17.7 Å². The zero-order valence-electron chi connectivity index (χ0n) is 16.0. The maximum atomic E-state index is 12.4. The Morgan fingerprint density at radius 2 is 1.97 bits per heavy atom. The molecule has 2 aromatic rings. The predicted molar refractivity (Wildman–Crippen MR) is 128 cm³/mol. The topological polar surface area (TPSA) is 55.8 Å². The Balaban J connectivity index is 1.86. The van der Waals surface area contributed by atoms with E-state index in [1.807, 2.05) is 37.3 Å². The highest BCUT2D eigenvalue weighted by atomic mass is 127. The minimum Gasteiger partial charge on any atom is -0.490 e. The Hall–Kier alpha value is -2.15. The molecule has 0 unspecified atom stereocenters. The van der Waals surface area contributed by atoms with Crippen molar-refractivity contribution in [2.45, 2.75) is 13.5 Å². The number of benzene rings is 2. The van der Waals surface area contributed by atoms with Crippen LogP contribution in [-0.2, 0) is 11.4 Å². The number of thioether (sulfide) groups is 1. The highest BCUT2D eigenvalue weighted by Crippen LogP contribution is 2.37. The zero-order chi connectivity index (χ0) is 21.7. The van der Waals surface area contributed by atoms with E-state index in [9.17, 15) is 9.59 Å². The minimum absolute atomic E-state index is 0.0405. The predicted octanol–water partition coefficient (Wildman–Crippen LogP) is 5.59. The summed E-state index contributed by atoms with van der Waals surface area (Å²) in [6, 6.07) is 11.1. The van der Waals surface area contributed by atoms with Gasteiger partial charge in [0.2, 0.25) is 0 Å². The van der Waals surface area contributed by atoms with Gasteiger partial charge in [-0.2, -0.15) is 0 Å². The maximum absolute atomic E-state index is 12.4. The molecule has 2 aromatic carbocycles. The molecule has 30 heavy (non-hydrogen) atoms. The van der Waals surface area contributed by atoms with Crippen LogP contribution >= 0.6 is 46.0 Å². The van der Waals surface area contributed by atoms with Crippen LogP contribution in [0, 0.1) is 15.9 Å². The minimum atomic E-state index is -0.390. The van der Waals surface area contributed by atoms with Gasteiger partial charge >= 0.3 is 0 Å². The molecule has 0 bridgehead atoms. The van der Waals surface area contributed by atoms with Crippen LogP contribution in [-0.4, -0.2) is 29.2 Å². The molecule has 3 rings (SSSR count). The first kappa shape index (κ1) is 22.5. The van der Waals surface area contributed by atoms with Gasteiger partial charge in [-0.3, -0.25) is 14.5 Å². The fourth-order valence-electron chi connectivity index (χ4n) is 2.69. The lowest BCUT2D eigenvalue weighted by atomic mass is 10.1. The number of terminal acetylenes is 1. The summed E-state index contributed by atoms with van der Waals surface area (Å²) in [5.41, 5.74) is 1.71. The number of carbonyl (C=O) groups is 2. The first-order valence-electron chi connectivity index (χ1n) is 8.95. The summed E-state index contributed by atoms with van der Waals surface area (Å²) < 4.78 is 12.6. The van der Waals surface area contributed by atoms with Crippen LogP contribution < -0.4 is 9.47 Å². The molecular weight excluding hydrogens is 537 g/mol. The summed E-state index contributed by atoms with van der Waals surface area (Å²) in [7, 11) is 0. The smallest absolute Gasteiger partial charge is 0.294 e. The number of hydrogen-bond donors (Lipinski definition) is 0. The summed E-state index contributed by atoms with van der Waals surface area (Å²) in [5.74, 6) is 3.11. The highest BCUT2D eigenvalue weighted by molar-refractivity contribution is 14.1. The van der Waals surface area contributed by atoms with Crippen LogP contribution in [0.25, 0.3) is 6.08 Å². The first-order chi connectivity index (χ1) is 14.4. The second-order valence-corrected chi connectivity index (χ2v) is 8.74. The van der Waals surface area contributed by atoms with Crippen molar-refractivity contribution in [3.63, 3.8) is 0 Å². The average Bonchev–Trinajstić information content (AvgIpc) is 2.97. The molecule has 154 valence electrons. The quantitative estimate of drug-likeness (QED) is 0.254. The number of amides is 2. The molecule has 2 amide bonds. The fraction of sp³-hybridized carbons (Fsp3) is 0.182. The molecule has 0 saturated carbocycles. The van der Waals surface area contributed by atoms with E-state index in [1.54, 1.807) is 12.1 Å². The first-order valence-corrected chi connectivity index (χ1v) is 11.2. The van der Waals surface area contributed by atoms with Crippen molar-refractivity contribution < 1.29 is 19.1 Å². The van der Waals surface area contributed by atoms with Gasteiger partial charge in [0.25, 0.3) is 11.1 Å². The van der Waals surface area contributed by atoms with E-state index in [4.69, 9.17) is 27.5 Å². The van der Waals surface area contributed by atoms with E-state index < -0.39 is 0 Å². The fourth-order valence-corrected chi connectivity index (χ4v) is 4.43. The number of nitrogens with zero attached hydrogens (tertiary/aromatic N) is 1. The van der Waals surface area contributed by atoms with Gasteiger partial charge in [0, 0.05) is 5.02 Å². The summed E-state index contributed by atoms with van der Waals surface area (Å²) in [6.45, 7) is 2.65. The number of ether oxygens (including phenoxy) is 2. The van der Waals surface area contributed by atoms with Crippen molar-refractivity contribution in [2.75, 3.05) is 13.2 Å². The van der Waals surface area contributed by atoms with E-state index in [2.05, 4.69) is 28.5 Å². The maximum Gasteiger partial charge on any atom is 0.294 e. The molecule has 0 aliphatic carbocycles. The molecule has 0 atom stereocenters. The van der Waals surface area contributed by atoms with E-state index in [1.165, 1.54) is 0 Å². The van der Waals surface area contributed by atoms with Crippen molar-refractivity contribution in [1.29, 1.82) is 0 Å². The van der Waals surface area contributed by atoms with Gasteiger partial charge < -0.3 is 9.47 Å². The van der Waals surface area contributed by atoms with E-state index in [0.717, 1.165) is 31.4 Å². The third-order valence-corrected chi connectivity index (χ3v) is 6.01. The Morgan fingerprint density at radius 1 is 1.23 bits per heavy atom. The van der Waals surface area contributed by atoms with Crippen LogP contribution in [0.15, 0.2) is 41.3 Å². The Bertz CT molecular complexity index is 1050. The van der Waals surface area contributed by atoms with Gasteiger partial charge in [-0.25, -0.2) is 0 Å². The largest absolute Gasteiger partial charge is 0.490 e. The van der Waals surface area contributed by atoms with Crippen LogP contribution in [0.2, 0.25) is 5.02 Å². The molecule has 0 aromatic heterocycles. The monoisotopic (exact) mass is 553 g/mol. The zero-order valence-corrected chi connectivity index (χ0v) is 19.7. The SMILES string of the molecule is C#CCN1C(=O)S/C(=C/c2cc(I)c(OCc3ccc(Cl)cc3)c(OCC)c2)C1=O. The van der Waals surface area contributed by atoms with Crippen molar-refractivity contribution in [3.8, 4) is 23.8 Å². The molecule has 0 radical (unpaired) electrons. The lowest BCUT2D eigenvalue weighted by Gasteiger charge is -2.15. The molecule has 8 heteroatoms. The third-order valence-electron chi connectivity index (χ3n) is 4.05. The van der Waals surface area contributed by atoms with Crippen molar-refractivity contribution in [3.05, 3.63) is 61.0 Å². The normalized spacial score (nSPS) is 14.9. The van der Waals surface area contributed by atoms with Crippen molar-refractivity contribution >= 4 is 63.2 Å². The van der Waals surface area contributed by atoms with Gasteiger partial charge in [-0.1, -0.05) is 29.7 Å². The molecule has 1 aliphatic heterocycles. The van der Waals surface area contributed by atoms with Crippen LogP contribution in [0.3, 0.4) is 0 Å². The van der Waals surface area contributed by atoms with Crippen LogP contribution in [0.4, 0.5) is 4.79 Å². The molecule has 1 fully saturated rings. The summed E-state index contributed by atoms with van der Waals surface area (Å²) >= 11 is 8.96. The number of carbonyl (C=O) groups excluding carboxylic acids is 2. The summed E-state index contributed by atoms with van der Waals surface area (Å²) in [5, 5.41) is 0.297. The van der Waals surface area contributed by atoms with Crippen molar-refractivity contribution in [1.82, 2.24) is 4.90 Å². The molecule has 0 N–H and O–H groups in total. The second kappa shape index (κ2) is 10.2. The number of hydrogen-bond acceptors (Lipinski definition) is 5. The van der Waals surface area contributed by atoms with Gasteiger partial charge in [0.1, 0.15) is 6.61 Å². The van der Waals surface area contributed by atoms with Gasteiger partial charge in [-0.05, 0) is 82.7 Å². The van der Waals surface area contributed by atoms with E-state index in [0.29, 0.717) is 34.6 Å². The summed E-state index contributed by atoms with van der Waals surface area (Å²) in [6.07, 6.45) is 6.90. The lowest BCUT2D eigenvalue weighted by Crippen LogP contribution is -2.28. The molecular formula is C22H17ClINO4S. The molecule has 0 spiro atoms. The molecule has 1 heterocycles. The molecule has 1 saturated heterocycles. The van der Waals surface area contributed by atoms with Crippen LogP contribution in [0.1, 0.15) is 18.1 Å². The highest BCUT2D eigenvalue weighted by Gasteiger charge is 2.34. The van der Waals surface area contributed by atoms with Gasteiger partial charge in [0.15, 0.2) is 11.5 Å². The Morgan fingerprint density at radius 3 is 2.63 bits per heavy atom. The Kier molecular flexibility index (Phi) is 7.69. The van der Waals surface area contributed by atoms with Crippen LogP contribution in [0.5, 0.6) is 11.5 Å². The summed E-state index contributed by atoms with van der Waals surface area (Å²) in [4.78, 5) is 25.8. The molecule has 5 nitrogen and oxygen atoms in total. The number of imide groups is 1. The van der Waals surface area contributed by atoms with Gasteiger partial charge in [-0.15, -0.1) is 6.42 Å².